The van der Waals surface area contributed by atoms with E-state index in [0.717, 1.165) is 61.0 Å². The molecule has 2 N–H and O–H groups in total. The van der Waals surface area contributed by atoms with Gasteiger partial charge in [0.15, 0.2) is 0 Å². The maximum absolute atomic E-state index is 12.5. The Bertz CT molecular complexity index is 1310. The van der Waals surface area contributed by atoms with Crippen molar-refractivity contribution in [1.29, 1.82) is 0 Å². The van der Waals surface area contributed by atoms with E-state index in [1.807, 2.05) is 45.5 Å². The van der Waals surface area contributed by atoms with Gasteiger partial charge in [-0.1, -0.05) is 23.7 Å². The third-order valence-electron chi connectivity index (χ3n) is 6.14. The Kier molecular flexibility index (Phi) is 5.00. The number of fused-ring (bicyclic) bond motifs is 2. The summed E-state index contributed by atoms with van der Waals surface area (Å²) >= 11 is 6.15. The molecule has 3 heterocycles. The zero-order valence-corrected chi connectivity index (χ0v) is 17.4. The number of nitrogens with zero attached hydrogens (tertiary/aromatic N) is 3. The van der Waals surface area contributed by atoms with Crippen LogP contribution in [0.3, 0.4) is 0 Å². The van der Waals surface area contributed by atoms with Gasteiger partial charge in [0, 0.05) is 30.7 Å². The lowest BCUT2D eigenvalue weighted by atomic mass is 10.0. The lowest BCUT2D eigenvalue weighted by Gasteiger charge is -2.32. The first-order chi connectivity index (χ1) is 14.6. The number of halogens is 1. The molecule has 1 fully saturated rings. The molecule has 0 radical (unpaired) electrons. The van der Waals surface area contributed by atoms with E-state index in [9.17, 15) is 9.59 Å². The van der Waals surface area contributed by atoms with Gasteiger partial charge in [-0.3, -0.25) is 9.13 Å². The van der Waals surface area contributed by atoms with Crippen molar-refractivity contribution in [1.82, 2.24) is 24.0 Å². The maximum atomic E-state index is 12.5. The smallest absolute Gasteiger partial charge is 0.306 e. The van der Waals surface area contributed by atoms with Crippen molar-refractivity contribution < 1.29 is 0 Å². The summed E-state index contributed by atoms with van der Waals surface area (Å²) in [6.45, 7) is 3.51. The van der Waals surface area contributed by atoms with Crippen LogP contribution >= 0.6 is 11.6 Å². The Balaban J connectivity index is 1.21. The molecule has 1 aliphatic heterocycles. The number of imidazole rings is 2. The second-order valence-corrected chi connectivity index (χ2v) is 8.42. The van der Waals surface area contributed by atoms with E-state index in [2.05, 4.69) is 14.9 Å². The van der Waals surface area contributed by atoms with E-state index in [4.69, 9.17) is 11.6 Å². The molecule has 1 saturated heterocycles. The van der Waals surface area contributed by atoms with Crippen LogP contribution in [-0.2, 0) is 6.54 Å². The summed E-state index contributed by atoms with van der Waals surface area (Å²) < 4.78 is 3.68. The summed E-state index contributed by atoms with van der Waals surface area (Å²) in [5.41, 5.74) is 3.43. The van der Waals surface area contributed by atoms with Gasteiger partial charge < -0.3 is 14.9 Å². The van der Waals surface area contributed by atoms with E-state index in [0.29, 0.717) is 11.6 Å². The molecule has 5 rings (SSSR count). The standard InChI is InChI=1S/C22H24ClN5O2/c23-15-6-7-18-20(14-15)28(22(30)25-18)16-8-12-26(13-9-16)10-3-11-27-19-5-2-1-4-17(19)24-21(27)29/h1-2,4-7,14,16H,3,8-13H2,(H,24,29)(H,25,30). The van der Waals surface area contributed by atoms with Crippen molar-refractivity contribution in [2.24, 2.45) is 0 Å². The number of rotatable bonds is 5. The van der Waals surface area contributed by atoms with Gasteiger partial charge in [-0.15, -0.1) is 0 Å². The highest BCUT2D eigenvalue weighted by atomic mass is 35.5. The topological polar surface area (TPSA) is 78.8 Å². The fourth-order valence-electron chi connectivity index (χ4n) is 4.64. The first-order valence-corrected chi connectivity index (χ1v) is 10.8. The number of piperidine rings is 1. The third kappa shape index (κ3) is 3.48. The Hall–Kier alpha value is -2.77. The number of H-pyrrole nitrogens is 2. The molecule has 2 aromatic carbocycles. The number of nitrogens with one attached hydrogen (secondary N) is 2. The molecule has 2 aromatic heterocycles. The van der Waals surface area contributed by atoms with E-state index in [-0.39, 0.29) is 17.4 Å². The summed E-state index contributed by atoms with van der Waals surface area (Å²) in [5.74, 6) is 0. The van der Waals surface area contributed by atoms with Gasteiger partial charge in [-0.25, -0.2) is 9.59 Å². The van der Waals surface area contributed by atoms with Crippen LogP contribution in [0.2, 0.25) is 5.02 Å². The zero-order chi connectivity index (χ0) is 20.7. The molecule has 0 saturated carbocycles. The van der Waals surface area contributed by atoms with Crippen LogP contribution in [0.5, 0.6) is 0 Å². The fraction of sp³-hybridized carbons (Fsp3) is 0.364. The van der Waals surface area contributed by atoms with Gasteiger partial charge in [-0.2, -0.15) is 0 Å². The highest BCUT2D eigenvalue weighted by Gasteiger charge is 2.23. The lowest BCUT2D eigenvalue weighted by Crippen LogP contribution is -2.37. The van der Waals surface area contributed by atoms with E-state index >= 15 is 0 Å². The molecule has 0 amide bonds. The van der Waals surface area contributed by atoms with Crippen molar-refractivity contribution in [2.45, 2.75) is 31.8 Å². The highest BCUT2D eigenvalue weighted by Crippen LogP contribution is 2.26. The molecule has 0 unspecified atom stereocenters. The van der Waals surface area contributed by atoms with Crippen LogP contribution in [0.15, 0.2) is 52.1 Å². The number of hydrogen-bond acceptors (Lipinski definition) is 3. The molecule has 7 nitrogen and oxygen atoms in total. The Morgan fingerprint density at radius 3 is 2.47 bits per heavy atom. The fourth-order valence-corrected chi connectivity index (χ4v) is 4.81. The summed E-state index contributed by atoms with van der Waals surface area (Å²) in [5, 5.41) is 0.639. The molecule has 1 aliphatic rings. The van der Waals surface area contributed by atoms with Gasteiger partial charge in [0.1, 0.15) is 0 Å². The second kappa shape index (κ2) is 7.81. The second-order valence-electron chi connectivity index (χ2n) is 7.99. The average Bonchev–Trinajstić information content (AvgIpc) is 3.24. The summed E-state index contributed by atoms with van der Waals surface area (Å²) in [6.07, 6.45) is 2.76. The average molecular weight is 426 g/mol. The largest absolute Gasteiger partial charge is 0.326 e. The number of para-hydroxylation sites is 2. The van der Waals surface area contributed by atoms with Crippen LogP contribution in [0.25, 0.3) is 22.1 Å². The van der Waals surface area contributed by atoms with E-state index in [1.54, 1.807) is 6.07 Å². The molecule has 0 bridgehead atoms. The molecule has 0 aliphatic carbocycles. The van der Waals surface area contributed by atoms with Crippen LogP contribution in [-0.4, -0.2) is 43.6 Å². The van der Waals surface area contributed by atoms with Crippen LogP contribution in [0.1, 0.15) is 25.3 Å². The number of aryl methyl sites for hydroxylation is 1. The molecular weight excluding hydrogens is 402 g/mol. The molecule has 30 heavy (non-hydrogen) atoms. The van der Waals surface area contributed by atoms with Gasteiger partial charge in [0.25, 0.3) is 0 Å². The van der Waals surface area contributed by atoms with Crippen molar-refractivity contribution >= 4 is 33.7 Å². The van der Waals surface area contributed by atoms with Crippen molar-refractivity contribution in [3.8, 4) is 0 Å². The van der Waals surface area contributed by atoms with E-state index in [1.165, 1.54) is 0 Å². The molecule has 0 spiro atoms. The normalized spacial score (nSPS) is 16.0. The summed E-state index contributed by atoms with van der Waals surface area (Å²) in [6, 6.07) is 13.5. The van der Waals surface area contributed by atoms with Crippen molar-refractivity contribution in [2.75, 3.05) is 19.6 Å². The number of benzene rings is 2. The van der Waals surface area contributed by atoms with Gasteiger partial charge in [0.05, 0.1) is 22.1 Å². The van der Waals surface area contributed by atoms with Gasteiger partial charge >= 0.3 is 11.4 Å². The predicted molar refractivity (Wildman–Crippen MR) is 119 cm³/mol. The molecule has 8 heteroatoms. The van der Waals surface area contributed by atoms with Crippen molar-refractivity contribution in [3.05, 3.63) is 68.5 Å². The predicted octanol–water partition coefficient (Wildman–Crippen LogP) is 3.35. The first kappa shape index (κ1) is 19.2. The number of aromatic amines is 2. The lowest BCUT2D eigenvalue weighted by molar-refractivity contribution is 0.183. The maximum Gasteiger partial charge on any atom is 0.326 e. The Labute approximate surface area is 177 Å². The highest BCUT2D eigenvalue weighted by molar-refractivity contribution is 6.31. The Morgan fingerprint density at radius 2 is 1.63 bits per heavy atom. The van der Waals surface area contributed by atoms with Crippen LogP contribution in [0.4, 0.5) is 0 Å². The SMILES string of the molecule is O=c1[nH]c2ccccc2n1CCCN1CCC(n2c(=O)[nH]c3ccc(Cl)cc32)CC1. The monoisotopic (exact) mass is 425 g/mol. The Morgan fingerprint density at radius 1 is 0.900 bits per heavy atom. The first-order valence-electron chi connectivity index (χ1n) is 10.4. The molecule has 4 aromatic rings. The number of hydrogen-bond donors (Lipinski definition) is 2. The molecule has 156 valence electrons. The van der Waals surface area contributed by atoms with E-state index < -0.39 is 0 Å². The third-order valence-corrected chi connectivity index (χ3v) is 6.37. The minimum Gasteiger partial charge on any atom is -0.306 e. The van der Waals surface area contributed by atoms with Crippen LogP contribution < -0.4 is 11.4 Å². The minimum absolute atomic E-state index is 0.0488. The quantitative estimate of drug-likeness (QED) is 0.514. The number of likely N-dealkylation sites (tertiary alicyclic amines) is 1. The zero-order valence-electron chi connectivity index (χ0n) is 16.6. The van der Waals surface area contributed by atoms with Crippen molar-refractivity contribution in [3.63, 3.8) is 0 Å². The molecule has 0 atom stereocenters. The van der Waals surface area contributed by atoms with Gasteiger partial charge in [0.2, 0.25) is 0 Å². The summed E-state index contributed by atoms with van der Waals surface area (Å²) in [7, 11) is 0. The number of aromatic nitrogens is 4. The van der Waals surface area contributed by atoms with Gasteiger partial charge in [-0.05, 0) is 56.1 Å². The minimum atomic E-state index is -0.0653. The molecular formula is C22H24ClN5O2. The summed E-state index contributed by atoms with van der Waals surface area (Å²) in [4.78, 5) is 33.0. The van der Waals surface area contributed by atoms with Crippen LogP contribution in [0, 0.1) is 0 Å².